The number of likely N-dealkylation sites (N-methyl/N-ethyl adjacent to an activating group) is 1. The molecule has 6 nitrogen and oxygen atoms in total. The summed E-state index contributed by atoms with van der Waals surface area (Å²) in [6.45, 7) is 5.31. The quantitative estimate of drug-likeness (QED) is 0.549. The number of rotatable bonds is 8. The second-order valence-corrected chi connectivity index (χ2v) is 6.58. The van der Waals surface area contributed by atoms with E-state index in [0.717, 1.165) is 35.4 Å². The second-order valence-electron chi connectivity index (χ2n) is 6.58. The SMILES string of the molecule is CCc1noc(CC)c1CNC(=NC)NCC(c1cccc(F)c1)N(C)C. The summed E-state index contributed by atoms with van der Waals surface area (Å²) >= 11 is 0. The van der Waals surface area contributed by atoms with Crippen molar-refractivity contribution in [3.63, 3.8) is 0 Å². The lowest BCUT2D eigenvalue weighted by Gasteiger charge is -2.26. The summed E-state index contributed by atoms with van der Waals surface area (Å²) in [5.74, 6) is 1.36. The topological polar surface area (TPSA) is 65.7 Å². The van der Waals surface area contributed by atoms with Gasteiger partial charge in [-0.2, -0.15) is 0 Å². The van der Waals surface area contributed by atoms with Gasteiger partial charge < -0.3 is 20.1 Å². The number of hydrogen-bond acceptors (Lipinski definition) is 4. The van der Waals surface area contributed by atoms with E-state index in [-0.39, 0.29) is 11.9 Å². The third kappa shape index (κ3) is 5.53. The van der Waals surface area contributed by atoms with Crippen molar-refractivity contribution in [3.05, 3.63) is 52.7 Å². The molecule has 2 N–H and O–H groups in total. The van der Waals surface area contributed by atoms with E-state index in [1.807, 2.05) is 20.2 Å². The van der Waals surface area contributed by atoms with Crippen LogP contribution in [0.4, 0.5) is 4.39 Å². The highest BCUT2D eigenvalue weighted by molar-refractivity contribution is 5.79. The van der Waals surface area contributed by atoms with E-state index < -0.39 is 0 Å². The summed E-state index contributed by atoms with van der Waals surface area (Å²) in [5, 5.41) is 10.8. The largest absolute Gasteiger partial charge is 0.361 e. The standard InChI is InChI=1S/C20H30FN5O/c1-6-17-16(19(7-2)27-25-17)12-23-20(22-3)24-13-18(26(4)5)14-9-8-10-15(21)11-14/h8-11,18H,6-7,12-13H2,1-5H3,(H2,22,23,24). The maximum Gasteiger partial charge on any atom is 0.191 e. The van der Waals surface area contributed by atoms with Gasteiger partial charge in [0.1, 0.15) is 11.6 Å². The Morgan fingerprint density at radius 3 is 2.63 bits per heavy atom. The number of benzene rings is 1. The van der Waals surface area contributed by atoms with Crippen LogP contribution in [0.3, 0.4) is 0 Å². The number of aliphatic imine (C=N–C) groups is 1. The third-order valence-corrected chi connectivity index (χ3v) is 4.58. The Kier molecular flexibility index (Phi) is 7.79. The molecular formula is C20H30FN5O. The van der Waals surface area contributed by atoms with E-state index in [4.69, 9.17) is 4.52 Å². The molecule has 1 aromatic carbocycles. The molecule has 0 fully saturated rings. The number of aromatic nitrogens is 1. The van der Waals surface area contributed by atoms with Crippen LogP contribution in [0.2, 0.25) is 0 Å². The molecular weight excluding hydrogens is 345 g/mol. The van der Waals surface area contributed by atoms with Crippen LogP contribution in [0.15, 0.2) is 33.8 Å². The molecule has 7 heteroatoms. The number of halogens is 1. The van der Waals surface area contributed by atoms with E-state index >= 15 is 0 Å². The minimum absolute atomic E-state index is 0.0206. The maximum atomic E-state index is 13.6. The molecule has 0 radical (unpaired) electrons. The first-order chi connectivity index (χ1) is 13.0. The van der Waals surface area contributed by atoms with Crippen molar-refractivity contribution >= 4 is 5.96 Å². The Labute approximate surface area is 160 Å². The molecule has 1 heterocycles. The van der Waals surface area contributed by atoms with Crippen LogP contribution < -0.4 is 10.6 Å². The van der Waals surface area contributed by atoms with Gasteiger partial charge >= 0.3 is 0 Å². The molecule has 0 aliphatic carbocycles. The molecule has 0 amide bonds. The normalized spacial score (nSPS) is 13.1. The Hall–Kier alpha value is -2.41. The first kappa shape index (κ1) is 20.9. The minimum Gasteiger partial charge on any atom is -0.361 e. The predicted molar refractivity (Wildman–Crippen MR) is 106 cm³/mol. The van der Waals surface area contributed by atoms with E-state index in [2.05, 4.69) is 39.5 Å². The van der Waals surface area contributed by atoms with Gasteiger partial charge in [0.05, 0.1) is 11.7 Å². The summed E-state index contributed by atoms with van der Waals surface area (Å²) in [7, 11) is 5.69. The van der Waals surface area contributed by atoms with Crippen molar-refractivity contribution in [3.8, 4) is 0 Å². The highest BCUT2D eigenvalue weighted by Gasteiger charge is 2.17. The van der Waals surface area contributed by atoms with E-state index in [1.165, 1.54) is 6.07 Å². The van der Waals surface area contributed by atoms with Crippen molar-refractivity contribution in [1.29, 1.82) is 0 Å². The first-order valence-electron chi connectivity index (χ1n) is 9.32. The summed E-state index contributed by atoms with van der Waals surface area (Å²) in [6.07, 6.45) is 1.63. The molecule has 1 aromatic heterocycles. The first-order valence-corrected chi connectivity index (χ1v) is 9.32. The van der Waals surface area contributed by atoms with Gasteiger partial charge in [-0.1, -0.05) is 31.1 Å². The molecule has 1 atom stereocenters. The van der Waals surface area contributed by atoms with Gasteiger partial charge in [0, 0.05) is 32.1 Å². The van der Waals surface area contributed by atoms with E-state index in [1.54, 1.807) is 19.2 Å². The predicted octanol–water partition coefficient (Wildman–Crippen LogP) is 2.91. The molecule has 0 saturated heterocycles. The smallest absolute Gasteiger partial charge is 0.191 e. The maximum absolute atomic E-state index is 13.6. The molecule has 0 spiro atoms. The van der Waals surface area contributed by atoms with Gasteiger partial charge in [-0.05, 0) is 38.2 Å². The average Bonchev–Trinajstić information content (AvgIpc) is 3.06. The van der Waals surface area contributed by atoms with Gasteiger partial charge in [-0.3, -0.25) is 4.99 Å². The van der Waals surface area contributed by atoms with E-state index in [9.17, 15) is 4.39 Å². The van der Waals surface area contributed by atoms with Crippen LogP contribution in [0.25, 0.3) is 0 Å². The molecule has 0 bridgehead atoms. The molecule has 2 rings (SSSR count). The fraction of sp³-hybridized carbons (Fsp3) is 0.500. The number of guanidine groups is 1. The van der Waals surface area contributed by atoms with Crippen molar-refractivity contribution < 1.29 is 8.91 Å². The highest BCUT2D eigenvalue weighted by atomic mass is 19.1. The van der Waals surface area contributed by atoms with Gasteiger partial charge in [-0.25, -0.2) is 4.39 Å². The van der Waals surface area contributed by atoms with Crippen molar-refractivity contribution in [2.75, 3.05) is 27.7 Å². The average molecular weight is 375 g/mol. The monoisotopic (exact) mass is 375 g/mol. The zero-order valence-electron chi connectivity index (χ0n) is 16.8. The molecule has 27 heavy (non-hydrogen) atoms. The molecule has 2 aromatic rings. The van der Waals surface area contributed by atoms with Crippen molar-refractivity contribution in [2.24, 2.45) is 4.99 Å². The Bertz CT molecular complexity index is 735. The van der Waals surface area contributed by atoms with E-state index in [0.29, 0.717) is 19.0 Å². The van der Waals surface area contributed by atoms with Crippen molar-refractivity contribution in [1.82, 2.24) is 20.7 Å². The number of nitrogens with one attached hydrogen (secondary N) is 2. The van der Waals surface area contributed by atoms with Crippen LogP contribution in [-0.4, -0.2) is 43.7 Å². The number of hydrogen-bond donors (Lipinski definition) is 2. The molecule has 1 unspecified atom stereocenters. The van der Waals surface area contributed by atoms with Gasteiger partial charge in [0.25, 0.3) is 0 Å². The van der Waals surface area contributed by atoms with Gasteiger partial charge in [0.15, 0.2) is 5.96 Å². The fourth-order valence-electron chi connectivity index (χ4n) is 3.04. The van der Waals surface area contributed by atoms with Crippen molar-refractivity contribution in [2.45, 2.75) is 39.3 Å². The molecule has 148 valence electrons. The lowest BCUT2D eigenvalue weighted by molar-refractivity contribution is 0.297. The molecule has 0 aliphatic heterocycles. The van der Waals surface area contributed by atoms with Crippen LogP contribution >= 0.6 is 0 Å². The molecule has 0 aliphatic rings. The van der Waals surface area contributed by atoms with Crippen LogP contribution in [-0.2, 0) is 19.4 Å². The number of aryl methyl sites for hydroxylation is 2. The molecule has 0 saturated carbocycles. The minimum atomic E-state index is -0.228. The summed E-state index contributed by atoms with van der Waals surface area (Å²) < 4.78 is 19.0. The zero-order chi connectivity index (χ0) is 19.8. The summed E-state index contributed by atoms with van der Waals surface area (Å²) in [4.78, 5) is 6.35. The zero-order valence-corrected chi connectivity index (χ0v) is 16.8. The lowest BCUT2D eigenvalue weighted by Crippen LogP contribution is -2.41. The third-order valence-electron chi connectivity index (χ3n) is 4.58. The second kappa shape index (κ2) is 10.1. The van der Waals surface area contributed by atoms with Crippen LogP contribution in [0.1, 0.15) is 42.5 Å². The summed E-state index contributed by atoms with van der Waals surface area (Å²) in [5.41, 5.74) is 2.99. The Balaban J connectivity index is 2.01. The lowest BCUT2D eigenvalue weighted by atomic mass is 10.1. The Morgan fingerprint density at radius 1 is 1.26 bits per heavy atom. The number of nitrogens with zero attached hydrogens (tertiary/aromatic N) is 3. The van der Waals surface area contributed by atoms with Gasteiger partial charge in [-0.15, -0.1) is 0 Å². The highest BCUT2D eigenvalue weighted by Crippen LogP contribution is 2.18. The fourth-order valence-corrected chi connectivity index (χ4v) is 3.04. The summed E-state index contributed by atoms with van der Waals surface area (Å²) in [6, 6.07) is 6.72. The van der Waals surface area contributed by atoms with Crippen LogP contribution in [0, 0.1) is 5.82 Å². The van der Waals surface area contributed by atoms with Crippen LogP contribution in [0.5, 0.6) is 0 Å². The Morgan fingerprint density at radius 2 is 2.04 bits per heavy atom. The van der Waals surface area contributed by atoms with Gasteiger partial charge in [0.2, 0.25) is 0 Å².